The van der Waals surface area contributed by atoms with Crippen LogP contribution < -0.4 is 5.32 Å². The summed E-state index contributed by atoms with van der Waals surface area (Å²) >= 11 is 0. The summed E-state index contributed by atoms with van der Waals surface area (Å²) in [6, 6.07) is -0.130. The summed E-state index contributed by atoms with van der Waals surface area (Å²) in [5.41, 5.74) is -0.746. The minimum Gasteiger partial charge on any atom is -0.459 e. The molecule has 0 radical (unpaired) electrons. The average molecular weight is 305 g/mol. The Balaban J connectivity index is 2.82. The lowest BCUT2D eigenvalue weighted by Gasteiger charge is -2.30. The molecule has 6 heteroatoms. The quantitative estimate of drug-likeness (QED) is 0.797. The van der Waals surface area contributed by atoms with Gasteiger partial charge in [-0.1, -0.05) is 13.8 Å². The van der Waals surface area contributed by atoms with Gasteiger partial charge in [0.2, 0.25) is 0 Å². The van der Waals surface area contributed by atoms with Gasteiger partial charge in [-0.05, 0) is 46.1 Å². The van der Waals surface area contributed by atoms with Crippen LogP contribution in [0.2, 0.25) is 0 Å². The zero-order chi connectivity index (χ0) is 15.8. The van der Waals surface area contributed by atoms with Crippen LogP contribution in [0.15, 0.2) is 0 Å². The largest absolute Gasteiger partial charge is 0.459 e. The molecule has 1 rings (SSSR count). The summed E-state index contributed by atoms with van der Waals surface area (Å²) in [4.78, 5) is 11.8. The Morgan fingerprint density at radius 1 is 1.35 bits per heavy atom. The summed E-state index contributed by atoms with van der Waals surface area (Å²) < 4.78 is 30.0. The third-order valence-corrected chi connectivity index (χ3v) is 5.87. The maximum Gasteiger partial charge on any atom is 0.321 e. The molecule has 0 spiro atoms. The maximum atomic E-state index is 12.4. The van der Waals surface area contributed by atoms with E-state index >= 15 is 0 Å². The van der Waals surface area contributed by atoms with Gasteiger partial charge in [-0.2, -0.15) is 0 Å². The molecule has 1 fully saturated rings. The van der Waals surface area contributed by atoms with Gasteiger partial charge in [0, 0.05) is 6.04 Å². The maximum absolute atomic E-state index is 12.4. The summed E-state index contributed by atoms with van der Waals surface area (Å²) in [7, 11) is -1.73. The number of rotatable bonds is 4. The van der Waals surface area contributed by atoms with Crippen LogP contribution in [0.25, 0.3) is 0 Å². The first-order chi connectivity index (χ1) is 8.89. The minimum absolute atomic E-state index is 0.0829. The van der Waals surface area contributed by atoms with Crippen molar-refractivity contribution in [2.75, 3.05) is 12.8 Å². The topological polar surface area (TPSA) is 72.5 Å². The van der Waals surface area contributed by atoms with Gasteiger partial charge in [0.05, 0.1) is 5.25 Å². The molecule has 0 amide bonds. The van der Waals surface area contributed by atoms with Gasteiger partial charge >= 0.3 is 5.97 Å². The number of carbonyl (C=O) groups excluding carboxylic acids is 1. The monoisotopic (exact) mass is 305 g/mol. The molecule has 0 heterocycles. The second-order valence-corrected chi connectivity index (χ2v) is 9.45. The van der Waals surface area contributed by atoms with Crippen molar-refractivity contribution in [3.05, 3.63) is 0 Å². The van der Waals surface area contributed by atoms with Gasteiger partial charge < -0.3 is 10.1 Å². The standard InChI is InChI=1S/C14H27NO4S/c1-13(2,3)19-11(16)9-20(17,18)10-7-8-14(4,5)12(10)15-6/h10,12,15H,7-9H2,1-6H3. The van der Waals surface area contributed by atoms with Gasteiger partial charge in [-0.25, -0.2) is 8.42 Å². The Hall–Kier alpha value is -0.620. The number of nitrogens with one attached hydrogen (secondary N) is 1. The molecule has 20 heavy (non-hydrogen) atoms. The minimum atomic E-state index is -3.50. The van der Waals surface area contributed by atoms with Crippen LogP contribution in [0.4, 0.5) is 0 Å². The van der Waals surface area contributed by atoms with Gasteiger partial charge in [0.25, 0.3) is 0 Å². The third kappa shape index (κ3) is 4.19. The van der Waals surface area contributed by atoms with Crippen LogP contribution in [0.5, 0.6) is 0 Å². The Bertz CT molecular complexity index is 462. The predicted molar refractivity (Wildman–Crippen MR) is 79.3 cm³/mol. The molecular formula is C14H27NO4S. The summed E-state index contributed by atoms with van der Waals surface area (Å²) in [6.45, 7) is 9.29. The second-order valence-electron chi connectivity index (χ2n) is 7.23. The SMILES string of the molecule is CNC1C(S(=O)(=O)CC(=O)OC(C)(C)C)CCC1(C)C. The van der Waals surface area contributed by atoms with Crippen molar-refractivity contribution >= 4 is 15.8 Å². The van der Waals surface area contributed by atoms with E-state index < -0.39 is 32.4 Å². The highest BCUT2D eigenvalue weighted by molar-refractivity contribution is 7.92. The van der Waals surface area contributed by atoms with Gasteiger partial charge in [-0.15, -0.1) is 0 Å². The van der Waals surface area contributed by atoms with Crippen molar-refractivity contribution in [3.63, 3.8) is 0 Å². The number of hydrogen-bond donors (Lipinski definition) is 1. The molecule has 0 saturated heterocycles. The molecule has 1 aliphatic rings. The molecular weight excluding hydrogens is 278 g/mol. The highest BCUT2D eigenvalue weighted by Gasteiger charge is 2.47. The molecule has 0 aliphatic heterocycles. The van der Waals surface area contributed by atoms with E-state index in [1.807, 2.05) is 0 Å². The first kappa shape index (κ1) is 17.4. The summed E-state index contributed by atoms with van der Waals surface area (Å²) in [5, 5.41) is 2.58. The van der Waals surface area contributed by atoms with E-state index in [2.05, 4.69) is 19.2 Å². The fourth-order valence-electron chi connectivity index (χ4n) is 2.95. The molecule has 0 aromatic carbocycles. The Labute approximate surface area is 122 Å². The van der Waals surface area contributed by atoms with Crippen molar-refractivity contribution in [2.24, 2.45) is 5.41 Å². The van der Waals surface area contributed by atoms with E-state index in [4.69, 9.17) is 4.74 Å². The number of sulfone groups is 1. The molecule has 0 aromatic rings. The highest BCUT2D eigenvalue weighted by Crippen LogP contribution is 2.40. The average Bonchev–Trinajstić information content (AvgIpc) is 2.49. The van der Waals surface area contributed by atoms with E-state index in [9.17, 15) is 13.2 Å². The Morgan fingerprint density at radius 2 is 1.90 bits per heavy atom. The molecule has 5 nitrogen and oxygen atoms in total. The summed E-state index contributed by atoms with van der Waals surface area (Å²) in [6.07, 6.45) is 1.42. The molecule has 1 N–H and O–H groups in total. The first-order valence-electron chi connectivity index (χ1n) is 7.00. The van der Waals surface area contributed by atoms with Crippen molar-refractivity contribution < 1.29 is 17.9 Å². The molecule has 2 unspecified atom stereocenters. The van der Waals surface area contributed by atoms with Gasteiger partial charge in [-0.3, -0.25) is 4.79 Å². The zero-order valence-electron chi connectivity index (χ0n) is 13.3. The van der Waals surface area contributed by atoms with Crippen LogP contribution in [0.1, 0.15) is 47.5 Å². The first-order valence-corrected chi connectivity index (χ1v) is 8.71. The predicted octanol–water partition coefficient (Wildman–Crippen LogP) is 1.52. The van der Waals surface area contributed by atoms with Crippen molar-refractivity contribution in [1.29, 1.82) is 0 Å². The van der Waals surface area contributed by atoms with Gasteiger partial charge in [0.1, 0.15) is 11.4 Å². The molecule has 1 aliphatic carbocycles. The lowest BCUT2D eigenvalue weighted by molar-refractivity contribution is -0.151. The molecule has 118 valence electrons. The number of ether oxygens (including phenoxy) is 1. The zero-order valence-corrected chi connectivity index (χ0v) is 14.1. The molecule has 0 aromatic heterocycles. The van der Waals surface area contributed by atoms with E-state index in [0.717, 1.165) is 6.42 Å². The number of hydrogen-bond acceptors (Lipinski definition) is 5. The fourth-order valence-corrected chi connectivity index (χ4v) is 4.94. The third-order valence-electron chi connectivity index (χ3n) is 3.80. The van der Waals surface area contributed by atoms with Crippen LogP contribution in [0.3, 0.4) is 0 Å². The highest BCUT2D eigenvalue weighted by atomic mass is 32.2. The van der Waals surface area contributed by atoms with Crippen molar-refractivity contribution in [3.8, 4) is 0 Å². The van der Waals surface area contributed by atoms with E-state index in [1.165, 1.54) is 0 Å². The molecule has 0 bridgehead atoms. The van der Waals surface area contributed by atoms with Crippen LogP contribution >= 0.6 is 0 Å². The Morgan fingerprint density at radius 3 is 2.35 bits per heavy atom. The Kier molecular flexibility index (Phi) is 4.91. The van der Waals surface area contributed by atoms with Crippen molar-refractivity contribution in [2.45, 2.75) is 64.4 Å². The number of carbonyl (C=O) groups is 1. The lowest BCUT2D eigenvalue weighted by atomic mass is 9.87. The summed E-state index contributed by atoms with van der Waals surface area (Å²) in [5.74, 6) is -1.21. The van der Waals surface area contributed by atoms with Crippen LogP contribution in [-0.4, -0.2) is 44.1 Å². The van der Waals surface area contributed by atoms with Gasteiger partial charge in [0.15, 0.2) is 9.84 Å². The molecule has 2 atom stereocenters. The van der Waals surface area contributed by atoms with Crippen LogP contribution in [0, 0.1) is 5.41 Å². The lowest BCUT2D eigenvalue weighted by Crippen LogP contribution is -2.47. The normalized spacial score (nSPS) is 26.5. The van der Waals surface area contributed by atoms with E-state index in [1.54, 1.807) is 27.8 Å². The smallest absolute Gasteiger partial charge is 0.321 e. The molecule has 1 saturated carbocycles. The van der Waals surface area contributed by atoms with Crippen LogP contribution in [-0.2, 0) is 19.4 Å². The number of esters is 1. The fraction of sp³-hybridized carbons (Fsp3) is 0.929. The second kappa shape index (κ2) is 5.64. The van der Waals surface area contributed by atoms with E-state index in [-0.39, 0.29) is 11.5 Å². The van der Waals surface area contributed by atoms with Crippen molar-refractivity contribution in [1.82, 2.24) is 5.32 Å². The van der Waals surface area contributed by atoms with E-state index in [0.29, 0.717) is 6.42 Å².